The maximum absolute atomic E-state index is 10.0. The van der Waals surface area contributed by atoms with Gasteiger partial charge in [-0.15, -0.1) is 0 Å². The van der Waals surface area contributed by atoms with E-state index in [1.807, 2.05) is 0 Å². The SMILES string of the molecule is O.O=CC1CCCCO1.O=CC1CCCCO1. The Morgan fingerprint density at radius 1 is 0.765 bits per heavy atom. The van der Waals surface area contributed by atoms with Crippen LogP contribution in [-0.2, 0) is 19.1 Å². The fourth-order valence-electron chi connectivity index (χ4n) is 1.75. The quantitative estimate of drug-likeness (QED) is 0.671. The molecule has 2 fully saturated rings. The molecule has 2 rings (SSSR count). The molecular formula is C12H22O5. The molecule has 2 aliphatic rings. The molecule has 0 saturated carbocycles. The van der Waals surface area contributed by atoms with E-state index in [1.54, 1.807) is 0 Å². The molecule has 2 atom stereocenters. The Morgan fingerprint density at radius 3 is 1.35 bits per heavy atom. The molecule has 0 radical (unpaired) electrons. The van der Waals surface area contributed by atoms with Gasteiger partial charge in [-0.05, 0) is 38.5 Å². The van der Waals surface area contributed by atoms with E-state index < -0.39 is 0 Å². The van der Waals surface area contributed by atoms with Crippen LogP contribution in [0.1, 0.15) is 38.5 Å². The molecule has 0 aromatic heterocycles. The lowest BCUT2D eigenvalue weighted by Crippen LogP contribution is -2.19. The van der Waals surface area contributed by atoms with Crippen LogP contribution in [0.4, 0.5) is 0 Å². The first-order valence-corrected chi connectivity index (χ1v) is 6.00. The zero-order valence-corrected chi connectivity index (χ0v) is 10.1. The van der Waals surface area contributed by atoms with E-state index in [1.165, 1.54) is 0 Å². The number of hydrogen-bond donors (Lipinski definition) is 0. The predicted molar refractivity (Wildman–Crippen MR) is 62.9 cm³/mol. The average molecular weight is 246 g/mol. The zero-order valence-electron chi connectivity index (χ0n) is 10.1. The van der Waals surface area contributed by atoms with Gasteiger partial charge in [0.1, 0.15) is 24.8 Å². The molecule has 0 aromatic rings. The van der Waals surface area contributed by atoms with Crippen molar-refractivity contribution in [3.8, 4) is 0 Å². The molecule has 2 saturated heterocycles. The Labute approximate surface area is 102 Å². The second-order valence-electron chi connectivity index (χ2n) is 4.08. The molecule has 5 nitrogen and oxygen atoms in total. The highest BCUT2D eigenvalue weighted by Gasteiger charge is 2.11. The molecule has 0 aliphatic carbocycles. The van der Waals surface area contributed by atoms with Crippen LogP contribution in [0.2, 0.25) is 0 Å². The second kappa shape index (κ2) is 10.4. The molecule has 2 heterocycles. The number of aldehydes is 2. The van der Waals surface area contributed by atoms with Gasteiger partial charge in [0, 0.05) is 13.2 Å². The monoisotopic (exact) mass is 246 g/mol. The molecule has 0 amide bonds. The summed E-state index contributed by atoms with van der Waals surface area (Å²) < 4.78 is 10.1. The topological polar surface area (TPSA) is 84.1 Å². The summed E-state index contributed by atoms with van der Waals surface area (Å²) in [5, 5.41) is 0. The average Bonchev–Trinajstić information content (AvgIpc) is 2.41. The van der Waals surface area contributed by atoms with E-state index in [0.29, 0.717) is 0 Å². The highest BCUT2D eigenvalue weighted by Crippen LogP contribution is 2.10. The third kappa shape index (κ3) is 7.20. The molecule has 2 N–H and O–H groups in total. The summed E-state index contributed by atoms with van der Waals surface area (Å²) in [6.07, 6.45) is 7.94. The van der Waals surface area contributed by atoms with Gasteiger partial charge in [-0.2, -0.15) is 0 Å². The highest BCUT2D eigenvalue weighted by atomic mass is 16.5. The van der Waals surface area contributed by atoms with E-state index in [4.69, 9.17) is 9.47 Å². The Bertz CT molecular complexity index is 173. The van der Waals surface area contributed by atoms with Gasteiger partial charge in [-0.25, -0.2) is 0 Å². The molecule has 0 bridgehead atoms. The van der Waals surface area contributed by atoms with Crippen LogP contribution in [0, 0.1) is 0 Å². The summed E-state index contributed by atoms with van der Waals surface area (Å²) in [4.78, 5) is 20.1. The maximum Gasteiger partial charge on any atom is 0.148 e. The molecule has 0 aromatic carbocycles. The first-order chi connectivity index (χ1) is 7.86. The fourth-order valence-corrected chi connectivity index (χ4v) is 1.75. The minimum absolute atomic E-state index is 0. The number of ether oxygens (including phenoxy) is 2. The Kier molecular flexibility index (Phi) is 9.90. The van der Waals surface area contributed by atoms with Gasteiger partial charge in [0.2, 0.25) is 0 Å². The van der Waals surface area contributed by atoms with E-state index in [9.17, 15) is 9.59 Å². The van der Waals surface area contributed by atoms with Crippen molar-refractivity contribution in [1.29, 1.82) is 0 Å². The van der Waals surface area contributed by atoms with Crippen LogP contribution in [0.15, 0.2) is 0 Å². The summed E-state index contributed by atoms with van der Waals surface area (Å²) in [6.45, 7) is 1.53. The highest BCUT2D eigenvalue weighted by molar-refractivity contribution is 5.56. The third-order valence-electron chi connectivity index (χ3n) is 2.73. The standard InChI is InChI=1S/2C6H10O2.H2O/c2*7-5-6-3-1-2-4-8-6;/h2*5-6H,1-4H2;1H2. The molecule has 0 spiro atoms. The van der Waals surface area contributed by atoms with Crippen LogP contribution >= 0.6 is 0 Å². The van der Waals surface area contributed by atoms with Crippen LogP contribution in [0.3, 0.4) is 0 Å². The molecule has 5 heteroatoms. The molecule has 100 valence electrons. The lowest BCUT2D eigenvalue weighted by molar-refractivity contribution is -0.121. The summed E-state index contributed by atoms with van der Waals surface area (Å²) in [5.41, 5.74) is 0. The van der Waals surface area contributed by atoms with Crippen molar-refractivity contribution in [2.75, 3.05) is 13.2 Å². The first kappa shape index (κ1) is 16.2. The van der Waals surface area contributed by atoms with Gasteiger partial charge in [-0.3, -0.25) is 0 Å². The second-order valence-corrected chi connectivity index (χ2v) is 4.08. The third-order valence-corrected chi connectivity index (χ3v) is 2.73. The summed E-state index contributed by atoms with van der Waals surface area (Å²) in [6, 6.07) is 0. The Hall–Kier alpha value is -0.780. The van der Waals surface area contributed by atoms with Gasteiger partial charge in [0.05, 0.1) is 0 Å². The minimum atomic E-state index is -0.0938. The van der Waals surface area contributed by atoms with Crippen LogP contribution in [0.25, 0.3) is 0 Å². The van der Waals surface area contributed by atoms with Crippen molar-refractivity contribution in [3.05, 3.63) is 0 Å². The first-order valence-electron chi connectivity index (χ1n) is 6.00. The van der Waals surface area contributed by atoms with Gasteiger partial charge >= 0.3 is 0 Å². The Morgan fingerprint density at radius 2 is 1.18 bits per heavy atom. The maximum atomic E-state index is 10.0. The van der Waals surface area contributed by atoms with Crippen LogP contribution in [0.5, 0.6) is 0 Å². The van der Waals surface area contributed by atoms with Crippen molar-refractivity contribution in [1.82, 2.24) is 0 Å². The predicted octanol–water partition coefficient (Wildman–Crippen LogP) is 0.684. The van der Waals surface area contributed by atoms with Crippen molar-refractivity contribution in [2.24, 2.45) is 0 Å². The van der Waals surface area contributed by atoms with E-state index in [2.05, 4.69) is 0 Å². The summed E-state index contributed by atoms with van der Waals surface area (Å²) in [7, 11) is 0. The van der Waals surface area contributed by atoms with Crippen molar-refractivity contribution in [3.63, 3.8) is 0 Å². The number of rotatable bonds is 2. The van der Waals surface area contributed by atoms with Crippen molar-refractivity contribution in [2.45, 2.75) is 50.7 Å². The largest absolute Gasteiger partial charge is 0.412 e. The van der Waals surface area contributed by atoms with Crippen molar-refractivity contribution < 1.29 is 24.5 Å². The molecule has 2 unspecified atom stereocenters. The van der Waals surface area contributed by atoms with Crippen LogP contribution in [-0.4, -0.2) is 43.5 Å². The van der Waals surface area contributed by atoms with Crippen molar-refractivity contribution >= 4 is 12.6 Å². The van der Waals surface area contributed by atoms with Crippen LogP contribution < -0.4 is 0 Å². The van der Waals surface area contributed by atoms with E-state index in [0.717, 1.165) is 64.3 Å². The normalized spacial score (nSPS) is 28.0. The molecular weight excluding hydrogens is 224 g/mol. The smallest absolute Gasteiger partial charge is 0.148 e. The Balaban J connectivity index is 0.000000284. The fraction of sp³-hybridized carbons (Fsp3) is 0.833. The lowest BCUT2D eigenvalue weighted by Gasteiger charge is -2.16. The van der Waals surface area contributed by atoms with Gasteiger partial charge in [0.25, 0.3) is 0 Å². The number of carbonyl (C=O) groups is 2. The van der Waals surface area contributed by atoms with E-state index in [-0.39, 0.29) is 17.7 Å². The summed E-state index contributed by atoms with van der Waals surface area (Å²) >= 11 is 0. The lowest BCUT2D eigenvalue weighted by atomic mass is 10.1. The zero-order chi connectivity index (χ0) is 11.6. The molecule has 2 aliphatic heterocycles. The van der Waals surface area contributed by atoms with Gasteiger partial charge in [0.15, 0.2) is 0 Å². The molecule has 17 heavy (non-hydrogen) atoms. The van der Waals surface area contributed by atoms with Gasteiger partial charge in [-0.1, -0.05) is 0 Å². The minimum Gasteiger partial charge on any atom is -0.412 e. The van der Waals surface area contributed by atoms with E-state index >= 15 is 0 Å². The summed E-state index contributed by atoms with van der Waals surface area (Å²) in [5.74, 6) is 0. The van der Waals surface area contributed by atoms with Gasteiger partial charge < -0.3 is 24.5 Å². The number of hydrogen-bond acceptors (Lipinski definition) is 4. The number of carbonyl (C=O) groups excluding carboxylic acids is 2.